The predicted octanol–water partition coefficient (Wildman–Crippen LogP) is 4.99. The SMILES string of the molecule is Cc1cc(C)c2cc(CNc3ccc(N4CCC(C)CC4)cc3)c(=O)[nH]c2c1. The van der Waals surface area contributed by atoms with E-state index in [-0.39, 0.29) is 5.56 Å². The van der Waals surface area contributed by atoms with Crippen molar-refractivity contribution in [3.05, 3.63) is 69.5 Å². The lowest BCUT2D eigenvalue weighted by molar-refractivity contribution is 0.438. The molecule has 0 unspecified atom stereocenters. The van der Waals surface area contributed by atoms with Crippen molar-refractivity contribution in [1.82, 2.24) is 4.98 Å². The van der Waals surface area contributed by atoms with Crippen LogP contribution in [0, 0.1) is 19.8 Å². The van der Waals surface area contributed by atoms with Gasteiger partial charge in [-0.25, -0.2) is 0 Å². The number of aromatic amines is 1. The first-order valence-electron chi connectivity index (χ1n) is 10.2. The van der Waals surface area contributed by atoms with Crippen LogP contribution in [0.1, 0.15) is 36.5 Å². The highest BCUT2D eigenvalue weighted by molar-refractivity contribution is 5.83. The number of pyridine rings is 1. The second-order valence-corrected chi connectivity index (χ2v) is 8.24. The van der Waals surface area contributed by atoms with Crippen molar-refractivity contribution >= 4 is 22.3 Å². The average molecular weight is 376 g/mol. The molecule has 28 heavy (non-hydrogen) atoms. The van der Waals surface area contributed by atoms with E-state index in [1.54, 1.807) is 0 Å². The van der Waals surface area contributed by atoms with Crippen LogP contribution in [-0.2, 0) is 6.54 Å². The molecule has 2 heterocycles. The molecule has 4 rings (SSSR count). The van der Waals surface area contributed by atoms with Crippen LogP contribution in [0.4, 0.5) is 11.4 Å². The molecule has 0 atom stereocenters. The minimum atomic E-state index is -0.0240. The van der Waals surface area contributed by atoms with Crippen LogP contribution >= 0.6 is 0 Å². The summed E-state index contributed by atoms with van der Waals surface area (Å²) < 4.78 is 0. The average Bonchev–Trinajstić information content (AvgIpc) is 2.67. The Labute approximate surface area is 166 Å². The second-order valence-electron chi connectivity index (χ2n) is 8.24. The topological polar surface area (TPSA) is 48.1 Å². The molecule has 146 valence electrons. The number of anilines is 2. The predicted molar refractivity (Wildman–Crippen MR) is 118 cm³/mol. The third-order valence-corrected chi connectivity index (χ3v) is 5.89. The standard InChI is InChI=1S/C24H29N3O/c1-16-8-10-27(11-9-16)21-6-4-20(5-7-21)25-15-19-14-22-18(3)12-17(2)13-23(22)26-24(19)28/h4-7,12-14,16,25H,8-11,15H2,1-3H3,(H,26,28). The smallest absolute Gasteiger partial charge is 0.253 e. The number of hydrogen-bond donors (Lipinski definition) is 2. The fraction of sp³-hybridized carbons (Fsp3) is 0.375. The van der Waals surface area contributed by atoms with Crippen LogP contribution in [-0.4, -0.2) is 18.1 Å². The number of hydrogen-bond acceptors (Lipinski definition) is 3. The van der Waals surface area contributed by atoms with Gasteiger partial charge in [0.15, 0.2) is 0 Å². The number of aryl methyl sites for hydroxylation is 2. The Kier molecular flexibility index (Phi) is 5.12. The van der Waals surface area contributed by atoms with Crippen LogP contribution in [0.5, 0.6) is 0 Å². The molecule has 0 spiro atoms. The van der Waals surface area contributed by atoms with Crippen LogP contribution in [0.2, 0.25) is 0 Å². The minimum Gasteiger partial charge on any atom is -0.381 e. The number of aromatic nitrogens is 1. The Bertz CT molecular complexity index is 1030. The molecule has 3 aromatic rings. The monoisotopic (exact) mass is 375 g/mol. The Morgan fingerprint density at radius 3 is 2.50 bits per heavy atom. The number of nitrogens with one attached hydrogen (secondary N) is 2. The molecule has 2 N–H and O–H groups in total. The van der Waals surface area contributed by atoms with E-state index in [1.165, 1.54) is 24.1 Å². The molecule has 1 saturated heterocycles. The molecule has 4 heteroatoms. The van der Waals surface area contributed by atoms with E-state index in [1.807, 2.05) is 19.1 Å². The third-order valence-electron chi connectivity index (χ3n) is 5.89. The van der Waals surface area contributed by atoms with Crippen molar-refractivity contribution in [2.75, 3.05) is 23.3 Å². The molecular weight excluding hydrogens is 346 g/mol. The second kappa shape index (κ2) is 7.70. The van der Waals surface area contributed by atoms with E-state index in [0.29, 0.717) is 6.54 Å². The van der Waals surface area contributed by atoms with Gasteiger partial charge in [-0.1, -0.05) is 13.0 Å². The summed E-state index contributed by atoms with van der Waals surface area (Å²) in [5.74, 6) is 0.838. The van der Waals surface area contributed by atoms with E-state index in [9.17, 15) is 4.79 Å². The third kappa shape index (κ3) is 3.91. The number of benzene rings is 2. The maximum atomic E-state index is 12.5. The zero-order valence-corrected chi connectivity index (χ0v) is 17.0. The van der Waals surface area contributed by atoms with Gasteiger partial charge in [0.2, 0.25) is 0 Å². The van der Waals surface area contributed by atoms with Crippen molar-refractivity contribution in [3.8, 4) is 0 Å². The van der Waals surface area contributed by atoms with Crippen molar-refractivity contribution in [3.63, 3.8) is 0 Å². The molecule has 0 radical (unpaired) electrons. The van der Waals surface area contributed by atoms with Gasteiger partial charge in [-0.2, -0.15) is 0 Å². The van der Waals surface area contributed by atoms with E-state index in [4.69, 9.17) is 0 Å². The molecule has 1 aromatic heterocycles. The normalized spacial score (nSPS) is 15.2. The summed E-state index contributed by atoms with van der Waals surface area (Å²) in [6.45, 7) is 9.26. The highest BCUT2D eigenvalue weighted by Gasteiger charge is 2.15. The molecule has 0 amide bonds. The first kappa shape index (κ1) is 18.6. The zero-order valence-electron chi connectivity index (χ0n) is 17.0. The van der Waals surface area contributed by atoms with Crippen molar-refractivity contribution in [2.45, 2.75) is 40.2 Å². The van der Waals surface area contributed by atoms with E-state index < -0.39 is 0 Å². The first-order valence-corrected chi connectivity index (χ1v) is 10.2. The molecule has 0 saturated carbocycles. The summed E-state index contributed by atoms with van der Waals surface area (Å²) >= 11 is 0. The molecule has 0 bridgehead atoms. The summed E-state index contributed by atoms with van der Waals surface area (Å²) in [6.07, 6.45) is 2.54. The summed E-state index contributed by atoms with van der Waals surface area (Å²) in [6, 6.07) is 14.8. The minimum absolute atomic E-state index is 0.0240. The Morgan fingerprint density at radius 2 is 1.79 bits per heavy atom. The number of piperidine rings is 1. The van der Waals surface area contributed by atoms with Gasteiger partial charge < -0.3 is 15.2 Å². The lowest BCUT2D eigenvalue weighted by Crippen LogP contribution is -2.32. The van der Waals surface area contributed by atoms with Crippen LogP contribution < -0.4 is 15.8 Å². The van der Waals surface area contributed by atoms with Gasteiger partial charge in [0.1, 0.15) is 0 Å². The fourth-order valence-electron chi connectivity index (χ4n) is 4.10. The van der Waals surface area contributed by atoms with Gasteiger partial charge in [0.25, 0.3) is 5.56 Å². The first-order chi connectivity index (χ1) is 13.5. The molecule has 1 aliphatic rings. The number of nitrogens with zero attached hydrogens (tertiary/aromatic N) is 1. The zero-order chi connectivity index (χ0) is 19.7. The van der Waals surface area contributed by atoms with Crippen LogP contribution in [0.15, 0.2) is 47.3 Å². The molecular formula is C24H29N3O. The van der Waals surface area contributed by atoms with Gasteiger partial charge in [-0.15, -0.1) is 0 Å². The summed E-state index contributed by atoms with van der Waals surface area (Å²) in [5, 5.41) is 4.50. The summed E-state index contributed by atoms with van der Waals surface area (Å²) in [7, 11) is 0. The molecule has 1 fully saturated rings. The fourth-order valence-corrected chi connectivity index (χ4v) is 4.10. The Morgan fingerprint density at radius 1 is 1.07 bits per heavy atom. The quantitative estimate of drug-likeness (QED) is 0.675. The van der Waals surface area contributed by atoms with Crippen LogP contribution in [0.3, 0.4) is 0 Å². The van der Waals surface area contributed by atoms with E-state index in [0.717, 1.165) is 46.7 Å². The van der Waals surface area contributed by atoms with Gasteiger partial charge in [0.05, 0.1) is 0 Å². The lowest BCUT2D eigenvalue weighted by atomic mass is 9.99. The van der Waals surface area contributed by atoms with E-state index in [2.05, 4.69) is 59.4 Å². The number of H-pyrrole nitrogens is 1. The summed E-state index contributed by atoms with van der Waals surface area (Å²) in [5.41, 5.74) is 6.31. The van der Waals surface area contributed by atoms with Crippen molar-refractivity contribution in [2.24, 2.45) is 5.92 Å². The van der Waals surface area contributed by atoms with Crippen molar-refractivity contribution < 1.29 is 0 Å². The Balaban J connectivity index is 1.47. The maximum absolute atomic E-state index is 12.5. The summed E-state index contributed by atoms with van der Waals surface area (Å²) in [4.78, 5) is 18.0. The molecule has 4 nitrogen and oxygen atoms in total. The van der Waals surface area contributed by atoms with Crippen LogP contribution in [0.25, 0.3) is 10.9 Å². The number of fused-ring (bicyclic) bond motifs is 1. The van der Waals surface area contributed by atoms with Crippen molar-refractivity contribution in [1.29, 1.82) is 0 Å². The van der Waals surface area contributed by atoms with E-state index >= 15 is 0 Å². The maximum Gasteiger partial charge on any atom is 0.253 e. The largest absolute Gasteiger partial charge is 0.381 e. The van der Waals surface area contributed by atoms with Gasteiger partial charge >= 0.3 is 0 Å². The lowest BCUT2D eigenvalue weighted by Gasteiger charge is -2.32. The molecule has 2 aromatic carbocycles. The number of rotatable bonds is 4. The Hall–Kier alpha value is -2.75. The highest BCUT2D eigenvalue weighted by Crippen LogP contribution is 2.24. The van der Waals surface area contributed by atoms with Gasteiger partial charge in [-0.05, 0) is 80.1 Å². The molecule has 1 aliphatic heterocycles. The van der Waals surface area contributed by atoms with Gasteiger partial charge in [0, 0.05) is 47.5 Å². The van der Waals surface area contributed by atoms with Gasteiger partial charge in [-0.3, -0.25) is 4.79 Å². The molecule has 0 aliphatic carbocycles. The highest BCUT2D eigenvalue weighted by atomic mass is 16.1.